The van der Waals surface area contributed by atoms with Crippen LogP contribution in [0.25, 0.3) is 10.8 Å². The maximum atomic E-state index is 11.5. The van der Waals surface area contributed by atoms with Crippen molar-refractivity contribution in [1.82, 2.24) is 0 Å². The van der Waals surface area contributed by atoms with Gasteiger partial charge in [0, 0.05) is 10.8 Å². The predicted octanol–water partition coefficient (Wildman–Crippen LogP) is -0.266. The molecule has 1 N–H and O–H groups in total. The Bertz CT molecular complexity index is 665. The van der Waals surface area contributed by atoms with Gasteiger partial charge in [-0.05, 0) is 18.2 Å². The Morgan fingerprint density at radius 1 is 1.20 bits per heavy atom. The molecule has 0 aliphatic rings. The van der Waals surface area contributed by atoms with Gasteiger partial charge in [0.2, 0.25) is 10.9 Å². The quantitative estimate of drug-likeness (QED) is 0.513. The molecule has 2 aromatic rings. The lowest BCUT2D eigenvalue weighted by Gasteiger charge is -1.96. The molecule has 15 heavy (non-hydrogen) atoms. The molecule has 0 unspecified atom stereocenters. The third kappa shape index (κ3) is 1.20. The van der Waals surface area contributed by atoms with Crippen molar-refractivity contribution in [3.63, 3.8) is 0 Å². The first kappa shape index (κ1) is 9.39. The first-order valence-electron chi connectivity index (χ1n) is 4.18. The van der Waals surface area contributed by atoms with Crippen molar-refractivity contribution in [1.29, 1.82) is 0 Å². The van der Waals surface area contributed by atoms with Crippen LogP contribution in [0.5, 0.6) is 5.75 Å². The number of hydrogen-bond donors (Lipinski definition) is 1. The molecule has 76 valence electrons. The summed E-state index contributed by atoms with van der Waals surface area (Å²) in [6.45, 7) is 0. The van der Waals surface area contributed by atoms with Crippen molar-refractivity contribution < 1.29 is 9.94 Å². The summed E-state index contributed by atoms with van der Waals surface area (Å²) in [5.41, 5.74) is -1.13. The molecular formula is C10H7NO4. The fourth-order valence-electron chi connectivity index (χ4n) is 1.49. The average molecular weight is 205 g/mol. The molecule has 0 radical (unpaired) electrons. The Hall–Kier alpha value is -2.17. The van der Waals surface area contributed by atoms with Crippen LogP contribution in [0, 0.1) is 0 Å². The third-order valence-electron chi connectivity index (χ3n) is 2.25. The van der Waals surface area contributed by atoms with E-state index < -0.39 is 16.2 Å². The van der Waals surface area contributed by atoms with Crippen molar-refractivity contribution in [3.8, 4) is 5.75 Å². The molecule has 0 aromatic heterocycles. The molecule has 2 aromatic carbocycles. The molecule has 0 aliphatic heterocycles. The SMILES string of the molecule is COc1ccc2c(=O)/c(=N\O)c(=O)c2c1. The van der Waals surface area contributed by atoms with Gasteiger partial charge in [-0.25, -0.2) is 0 Å². The summed E-state index contributed by atoms with van der Waals surface area (Å²) in [5.74, 6) is 0.481. The Labute approximate surface area is 83.5 Å². The first-order valence-corrected chi connectivity index (χ1v) is 4.18. The first-order chi connectivity index (χ1) is 7.19. The van der Waals surface area contributed by atoms with Crippen molar-refractivity contribution in [2.45, 2.75) is 0 Å². The monoisotopic (exact) mass is 205 g/mol. The maximum Gasteiger partial charge on any atom is 0.219 e. The highest BCUT2D eigenvalue weighted by molar-refractivity contribution is 5.84. The summed E-state index contributed by atoms with van der Waals surface area (Å²) >= 11 is 0. The van der Waals surface area contributed by atoms with Crippen LogP contribution in [-0.4, -0.2) is 12.3 Å². The fraction of sp³-hybridized carbons (Fsp3) is 0.100. The molecular weight excluding hydrogens is 198 g/mol. The van der Waals surface area contributed by atoms with E-state index in [9.17, 15) is 9.59 Å². The standard InChI is InChI=1S/C10H7NO4/c1-15-5-2-3-6-7(4-5)10(13)8(11-14)9(6)12/h2-4,14H,1H3/b11-8+. The van der Waals surface area contributed by atoms with E-state index in [4.69, 9.17) is 9.94 Å². The van der Waals surface area contributed by atoms with E-state index in [1.165, 1.54) is 19.2 Å². The predicted molar refractivity (Wildman–Crippen MR) is 52.8 cm³/mol. The number of ether oxygens (including phenoxy) is 1. The van der Waals surface area contributed by atoms with Crippen LogP contribution in [0.3, 0.4) is 0 Å². The molecule has 0 spiro atoms. The average Bonchev–Trinajstić information content (AvgIpc) is 2.51. The smallest absolute Gasteiger partial charge is 0.219 e. The van der Waals surface area contributed by atoms with Gasteiger partial charge >= 0.3 is 0 Å². The van der Waals surface area contributed by atoms with E-state index in [1.54, 1.807) is 6.07 Å². The van der Waals surface area contributed by atoms with Crippen molar-refractivity contribution in [3.05, 3.63) is 44.0 Å². The number of methoxy groups -OCH3 is 1. The zero-order valence-electron chi connectivity index (χ0n) is 7.85. The van der Waals surface area contributed by atoms with Crippen LogP contribution in [0.4, 0.5) is 0 Å². The van der Waals surface area contributed by atoms with Gasteiger partial charge < -0.3 is 9.94 Å². The number of rotatable bonds is 1. The van der Waals surface area contributed by atoms with Crippen LogP contribution in [0.2, 0.25) is 0 Å². The number of nitrogens with zero attached hydrogens (tertiary/aromatic N) is 1. The topological polar surface area (TPSA) is 76.0 Å². The lowest BCUT2D eigenvalue weighted by molar-refractivity contribution is 0.301. The number of fused-ring (bicyclic) bond motifs is 1. The van der Waals surface area contributed by atoms with Gasteiger partial charge in [-0.15, -0.1) is 0 Å². The molecule has 0 saturated carbocycles. The fourth-order valence-corrected chi connectivity index (χ4v) is 1.49. The van der Waals surface area contributed by atoms with Gasteiger partial charge in [0.15, 0.2) is 5.36 Å². The molecule has 0 saturated heterocycles. The largest absolute Gasteiger partial charge is 0.497 e. The van der Waals surface area contributed by atoms with Gasteiger partial charge in [-0.3, -0.25) is 9.59 Å². The van der Waals surface area contributed by atoms with Crippen LogP contribution >= 0.6 is 0 Å². The molecule has 5 nitrogen and oxygen atoms in total. The highest BCUT2D eigenvalue weighted by Gasteiger charge is 2.11. The molecule has 0 bridgehead atoms. The zero-order valence-corrected chi connectivity index (χ0v) is 7.85. The van der Waals surface area contributed by atoms with E-state index in [0.717, 1.165) is 0 Å². The van der Waals surface area contributed by atoms with Gasteiger partial charge in [0.25, 0.3) is 0 Å². The van der Waals surface area contributed by atoms with Crippen LogP contribution in [0.1, 0.15) is 0 Å². The van der Waals surface area contributed by atoms with Crippen LogP contribution in [-0.2, 0) is 0 Å². The van der Waals surface area contributed by atoms with Gasteiger partial charge in [-0.1, -0.05) is 5.16 Å². The minimum Gasteiger partial charge on any atom is -0.497 e. The molecule has 0 amide bonds. The van der Waals surface area contributed by atoms with Crippen LogP contribution < -0.4 is 21.0 Å². The van der Waals surface area contributed by atoms with E-state index in [2.05, 4.69) is 5.16 Å². The second-order valence-corrected chi connectivity index (χ2v) is 3.02. The molecule has 2 rings (SSSR count). The Morgan fingerprint density at radius 2 is 1.87 bits per heavy atom. The van der Waals surface area contributed by atoms with Crippen molar-refractivity contribution >= 4 is 10.8 Å². The van der Waals surface area contributed by atoms with Gasteiger partial charge in [-0.2, -0.15) is 0 Å². The number of hydrogen-bond acceptors (Lipinski definition) is 5. The van der Waals surface area contributed by atoms with Crippen molar-refractivity contribution in [2.24, 2.45) is 5.16 Å². The highest BCUT2D eigenvalue weighted by Crippen LogP contribution is 2.14. The Balaban J connectivity index is 3.04. The van der Waals surface area contributed by atoms with E-state index in [0.29, 0.717) is 5.75 Å². The highest BCUT2D eigenvalue weighted by atomic mass is 16.5. The Morgan fingerprint density at radius 3 is 2.47 bits per heavy atom. The normalized spacial score (nSPS) is 12.2. The number of benzene rings is 1. The summed E-state index contributed by atoms with van der Waals surface area (Å²) < 4.78 is 4.93. The molecule has 0 atom stereocenters. The van der Waals surface area contributed by atoms with Gasteiger partial charge in [0.05, 0.1) is 7.11 Å². The summed E-state index contributed by atoms with van der Waals surface area (Å²) in [7, 11) is 1.46. The second kappa shape index (κ2) is 3.20. The molecule has 0 heterocycles. The summed E-state index contributed by atoms with van der Waals surface area (Å²) in [5, 5.41) is 11.2. The summed E-state index contributed by atoms with van der Waals surface area (Å²) in [6.07, 6.45) is 0. The van der Waals surface area contributed by atoms with Gasteiger partial charge in [0.1, 0.15) is 5.75 Å². The lowest BCUT2D eigenvalue weighted by atomic mass is 10.2. The minimum absolute atomic E-state index is 0.215. The molecule has 0 aliphatic carbocycles. The zero-order chi connectivity index (χ0) is 11.0. The van der Waals surface area contributed by atoms with E-state index in [-0.39, 0.29) is 10.8 Å². The third-order valence-corrected chi connectivity index (χ3v) is 2.25. The van der Waals surface area contributed by atoms with E-state index in [1.807, 2.05) is 0 Å². The van der Waals surface area contributed by atoms with E-state index >= 15 is 0 Å². The second-order valence-electron chi connectivity index (χ2n) is 3.02. The van der Waals surface area contributed by atoms with Crippen molar-refractivity contribution in [2.75, 3.05) is 7.11 Å². The van der Waals surface area contributed by atoms with Crippen LogP contribution in [0.15, 0.2) is 32.9 Å². The maximum absolute atomic E-state index is 11.5. The summed E-state index contributed by atoms with van der Waals surface area (Å²) in [6, 6.07) is 4.50. The lowest BCUT2D eigenvalue weighted by Crippen LogP contribution is -2.31. The molecule has 5 heteroatoms. The minimum atomic E-state index is -0.573. The Kier molecular flexibility index (Phi) is 2.00. The molecule has 0 fully saturated rings. The summed E-state index contributed by atoms with van der Waals surface area (Å²) in [4.78, 5) is 23.0.